The van der Waals surface area contributed by atoms with Crippen molar-refractivity contribution in [2.75, 3.05) is 31.7 Å². The quantitative estimate of drug-likeness (QED) is 0.586. The molecule has 2 amide bonds. The van der Waals surface area contributed by atoms with E-state index in [9.17, 15) is 27.9 Å². The van der Waals surface area contributed by atoms with Crippen molar-refractivity contribution in [2.24, 2.45) is 5.92 Å². The molecule has 0 unspecified atom stereocenters. The third kappa shape index (κ3) is 5.77. The van der Waals surface area contributed by atoms with Gasteiger partial charge in [0.1, 0.15) is 18.4 Å². The standard InChI is InChI=1S/C22H27F3N2O6/c23-22(24,25)11-26-19(29)9-14-8-16-15-7-12(27-21(30)20(16)18(10-28)33-14)1-2-17(15)32-13-3-5-31-6-4-13/h1-2,7,13-14,16,18,20,28H,3-6,8-11H2,(H,26,29)(H,27,30)/t14-,16-,18-,20+/m1/s1. The molecule has 0 spiro atoms. The number of benzene rings is 1. The number of anilines is 1. The molecule has 4 atom stereocenters. The van der Waals surface area contributed by atoms with Gasteiger partial charge in [-0.05, 0) is 24.6 Å². The van der Waals surface area contributed by atoms with Crippen molar-refractivity contribution in [3.05, 3.63) is 23.8 Å². The maximum atomic E-state index is 12.9. The zero-order chi connectivity index (χ0) is 23.6. The maximum absolute atomic E-state index is 12.9. The fourth-order valence-corrected chi connectivity index (χ4v) is 4.74. The van der Waals surface area contributed by atoms with Gasteiger partial charge in [0.2, 0.25) is 11.8 Å². The van der Waals surface area contributed by atoms with E-state index in [1.807, 2.05) is 11.4 Å². The van der Waals surface area contributed by atoms with Gasteiger partial charge in [0.05, 0.1) is 44.4 Å². The number of hydrogen-bond donors (Lipinski definition) is 3. The molecule has 0 aliphatic carbocycles. The number of ether oxygens (including phenoxy) is 3. The number of amides is 2. The van der Waals surface area contributed by atoms with Crippen LogP contribution in [-0.2, 0) is 19.1 Å². The Morgan fingerprint density at radius 1 is 1.27 bits per heavy atom. The SMILES string of the molecule is O=C(C[C@H]1C[C@@H]2c3cc(ccc3OC3CCOCC3)NC(=O)[C@@H]2[C@@H](CO)O1)NCC(F)(F)F. The molecule has 2 bridgehead atoms. The third-order valence-corrected chi connectivity index (χ3v) is 6.24. The van der Waals surface area contributed by atoms with Gasteiger partial charge < -0.3 is 30.0 Å². The summed E-state index contributed by atoms with van der Waals surface area (Å²) in [5.74, 6) is -1.69. The van der Waals surface area contributed by atoms with Crippen LogP contribution in [0.25, 0.3) is 0 Å². The summed E-state index contributed by atoms with van der Waals surface area (Å²) in [5, 5.41) is 14.6. The molecule has 3 aliphatic rings. The van der Waals surface area contributed by atoms with Gasteiger partial charge in [-0.1, -0.05) is 0 Å². The van der Waals surface area contributed by atoms with Gasteiger partial charge in [0.25, 0.3) is 0 Å². The topological polar surface area (TPSA) is 106 Å². The van der Waals surface area contributed by atoms with Crippen LogP contribution in [0.15, 0.2) is 18.2 Å². The second-order valence-corrected chi connectivity index (χ2v) is 8.61. The third-order valence-electron chi connectivity index (χ3n) is 6.24. The molecule has 4 rings (SSSR count). The maximum Gasteiger partial charge on any atom is 0.405 e. The van der Waals surface area contributed by atoms with E-state index in [2.05, 4.69) is 5.32 Å². The van der Waals surface area contributed by atoms with E-state index in [0.717, 1.165) is 18.4 Å². The summed E-state index contributed by atoms with van der Waals surface area (Å²) in [6.07, 6.45) is -4.85. The van der Waals surface area contributed by atoms with Gasteiger partial charge in [0, 0.05) is 30.0 Å². The number of carbonyl (C=O) groups is 2. The van der Waals surface area contributed by atoms with Crippen molar-refractivity contribution in [3.63, 3.8) is 0 Å². The summed E-state index contributed by atoms with van der Waals surface area (Å²) in [6, 6.07) is 5.35. The molecular weight excluding hydrogens is 445 g/mol. The molecule has 0 saturated carbocycles. The van der Waals surface area contributed by atoms with E-state index < -0.39 is 49.3 Å². The van der Waals surface area contributed by atoms with Crippen LogP contribution in [-0.4, -0.2) is 67.8 Å². The van der Waals surface area contributed by atoms with Crippen molar-refractivity contribution in [1.29, 1.82) is 0 Å². The minimum absolute atomic E-state index is 0.0383. The molecule has 2 fully saturated rings. The van der Waals surface area contributed by atoms with Crippen molar-refractivity contribution < 1.29 is 42.1 Å². The molecule has 33 heavy (non-hydrogen) atoms. The van der Waals surface area contributed by atoms with Gasteiger partial charge >= 0.3 is 6.18 Å². The molecule has 0 aromatic heterocycles. The summed E-state index contributed by atoms with van der Waals surface area (Å²) in [6.45, 7) is -0.706. The highest BCUT2D eigenvalue weighted by Crippen LogP contribution is 2.46. The lowest BCUT2D eigenvalue weighted by atomic mass is 9.76. The number of nitrogens with one attached hydrogen (secondary N) is 2. The normalized spacial score (nSPS) is 27.8. The van der Waals surface area contributed by atoms with Crippen LogP contribution in [0.3, 0.4) is 0 Å². The first-order chi connectivity index (χ1) is 15.7. The van der Waals surface area contributed by atoms with E-state index in [1.165, 1.54) is 0 Å². The molecule has 1 aromatic rings. The average Bonchev–Trinajstić information content (AvgIpc) is 2.88. The van der Waals surface area contributed by atoms with Crippen molar-refractivity contribution >= 4 is 17.5 Å². The van der Waals surface area contributed by atoms with Gasteiger partial charge in [-0.15, -0.1) is 0 Å². The number of hydrogen-bond acceptors (Lipinski definition) is 6. The highest BCUT2D eigenvalue weighted by atomic mass is 19.4. The Kier molecular flexibility index (Phi) is 7.10. The smallest absolute Gasteiger partial charge is 0.405 e. The Balaban J connectivity index is 1.56. The lowest BCUT2D eigenvalue weighted by molar-refractivity contribution is -0.152. The second-order valence-electron chi connectivity index (χ2n) is 8.61. The van der Waals surface area contributed by atoms with Crippen molar-refractivity contribution in [3.8, 4) is 5.75 Å². The molecule has 8 nitrogen and oxygen atoms in total. The molecule has 0 radical (unpaired) electrons. The summed E-state index contributed by atoms with van der Waals surface area (Å²) in [5.41, 5.74) is 1.34. The Morgan fingerprint density at radius 2 is 2.03 bits per heavy atom. The molecule has 3 aliphatic heterocycles. The summed E-state index contributed by atoms with van der Waals surface area (Å²) in [7, 11) is 0. The lowest BCUT2D eigenvalue weighted by Crippen LogP contribution is -2.48. The number of carbonyl (C=O) groups excluding carboxylic acids is 2. The average molecular weight is 472 g/mol. The van der Waals surface area contributed by atoms with Crippen molar-refractivity contribution in [2.45, 2.75) is 56.1 Å². The molecule has 2 saturated heterocycles. The molecule has 1 aromatic carbocycles. The van der Waals surface area contributed by atoms with E-state index in [0.29, 0.717) is 24.7 Å². The predicted octanol–water partition coefficient (Wildman–Crippen LogP) is 2.11. The van der Waals surface area contributed by atoms with Crippen LogP contribution in [0.1, 0.15) is 37.2 Å². The van der Waals surface area contributed by atoms with E-state index in [-0.39, 0.29) is 24.9 Å². The second kappa shape index (κ2) is 9.86. The monoisotopic (exact) mass is 472 g/mol. The molecular formula is C22H27F3N2O6. The first-order valence-electron chi connectivity index (χ1n) is 11.0. The van der Waals surface area contributed by atoms with Gasteiger partial charge in [-0.2, -0.15) is 13.2 Å². The number of fused-ring (bicyclic) bond motifs is 4. The van der Waals surface area contributed by atoms with E-state index >= 15 is 0 Å². The van der Waals surface area contributed by atoms with Gasteiger partial charge in [-0.25, -0.2) is 0 Å². The van der Waals surface area contributed by atoms with Crippen molar-refractivity contribution in [1.82, 2.24) is 5.32 Å². The van der Waals surface area contributed by atoms with E-state index in [4.69, 9.17) is 14.2 Å². The zero-order valence-electron chi connectivity index (χ0n) is 17.9. The van der Waals surface area contributed by atoms with Crippen LogP contribution in [0.5, 0.6) is 5.75 Å². The number of aliphatic hydroxyl groups excluding tert-OH is 1. The number of rotatable bonds is 6. The van der Waals surface area contributed by atoms with Crippen LogP contribution in [0.2, 0.25) is 0 Å². The fraction of sp³-hybridized carbons (Fsp3) is 0.636. The summed E-state index contributed by atoms with van der Waals surface area (Å²) >= 11 is 0. The van der Waals surface area contributed by atoms with E-state index in [1.54, 1.807) is 12.1 Å². The molecule has 182 valence electrons. The highest BCUT2D eigenvalue weighted by molar-refractivity contribution is 5.95. The first kappa shape index (κ1) is 23.8. The molecule has 3 N–H and O–H groups in total. The largest absolute Gasteiger partial charge is 0.490 e. The number of halogens is 3. The number of alkyl halides is 3. The van der Waals surface area contributed by atoms with Gasteiger partial charge in [-0.3, -0.25) is 9.59 Å². The van der Waals surface area contributed by atoms with Crippen LogP contribution >= 0.6 is 0 Å². The fourth-order valence-electron chi connectivity index (χ4n) is 4.74. The lowest BCUT2D eigenvalue weighted by Gasteiger charge is -2.40. The van der Waals surface area contributed by atoms with Gasteiger partial charge in [0.15, 0.2) is 0 Å². The Labute approximate surface area is 188 Å². The molecule has 11 heteroatoms. The number of aliphatic hydroxyl groups is 1. The Hall–Kier alpha value is -2.37. The van der Waals surface area contributed by atoms with Crippen LogP contribution in [0, 0.1) is 5.92 Å². The first-order valence-corrected chi connectivity index (χ1v) is 11.0. The predicted molar refractivity (Wildman–Crippen MR) is 110 cm³/mol. The summed E-state index contributed by atoms with van der Waals surface area (Å²) in [4.78, 5) is 25.0. The minimum Gasteiger partial charge on any atom is -0.490 e. The van der Waals surface area contributed by atoms with Crippen LogP contribution in [0.4, 0.5) is 18.9 Å². The molecule has 3 heterocycles. The minimum atomic E-state index is -4.52. The Bertz CT molecular complexity index is 874. The highest BCUT2D eigenvalue weighted by Gasteiger charge is 2.46. The van der Waals surface area contributed by atoms with Crippen LogP contribution < -0.4 is 15.4 Å². The summed E-state index contributed by atoms with van der Waals surface area (Å²) < 4.78 is 54.7. The Morgan fingerprint density at radius 3 is 2.73 bits per heavy atom. The zero-order valence-corrected chi connectivity index (χ0v) is 17.9.